The number of carboxylic acids is 1. The monoisotopic (exact) mass is 277 g/mol. The molecular weight excluding hydrogens is 258 g/mol. The molecule has 2 rings (SSSR count). The highest BCUT2D eigenvalue weighted by molar-refractivity contribution is 5.86. The van der Waals surface area contributed by atoms with Crippen molar-refractivity contribution < 1.29 is 19.4 Å². The Hall–Kier alpha value is -1.88. The van der Waals surface area contributed by atoms with Crippen LogP contribution in [-0.4, -0.2) is 35.7 Å². The van der Waals surface area contributed by atoms with Crippen molar-refractivity contribution in [2.75, 3.05) is 6.61 Å². The van der Waals surface area contributed by atoms with Gasteiger partial charge in [-0.1, -0.05) is 29.8 Å². The zero-order chi connectivity index (χ0) is 14.5. The number of amides is 1. The molecule has 108 valence electrons. The molecule has 5 heteroatoms. The van der Waals surface area contributed by atoms with Crippen molar-refractivity contribution in [1.82, 2.24) is 5.32 Å². The standard InChI is InChI=1S/C15H19NO4/c1-10-4-2-5-11(8-10)9-12(15(18)19)16-14(17)13-6-3-7-20-13/h2,4-5,8,12-13H,3,6-7,9H2,1H3,(H,16,17)(H,18,19)/t12-,13+/m1/s1. The van der Waals surface area contributed by atoms with E-state index in [0.717, 1.165) is 17.5 Å². The minimum Gasteiger partial charge on any atom is -0.480 e. The zero-order valence-electron chi connectivity index (χ0n) is 11.5. The van der Waals surface area contributed by atoms with Crippen LogP contribution in [0.5, 0.6) is 0 Å². The lowest BCUT2D eigenvalue weighted by molar-refractivity contribution is -0.143. The van der Waals surface area contributed by atoms with Crippen molar-refractivity contribution in [3.05, 3.63) is 35.4 Å². The van der Waals surface area contributed by atoms with E-state index in [0.29, 0.717) is 13.0 Å². The topological polar surface area (TPSA) is 75.6 Å². The molecule has 0 bridgehead atoms. The van der Waals surface area contributed by atoms with E-state index in [-0.39, 0.29) is 12.3 Å². The van der Waals surface area contributed by atoms with E-state index in [9.17, 15) is 14.7 Å². The molecule has 0 unspecified atom stereocenters. The molecule has 1 aliphatic heterocycles. The molecule has 0 aromatic heterocycles. The van der Waals surface area contributed by atoms with E-state index in [1.54, 1.807) is 0 Å². The van der Waals surface area contributed by atoms with E-state index >= 15 is 0 Å². The molecule has 2 atom stereocenters. The van der Waals surface area contributed by atoms with Gasteiger partial charge in [-0.25, -0.2) is 4.79 Å². The lowest BCUT2D eigenvalue weighted by Crippen LogP contribution is -2.46. The van der Waals surface area contributed by atoms with Gasteiger partial charge in [-0.05, 0) is 25.3 Å². The summed E-state index contributed by atoms with van der Waals surface area (Å²) in [4.78, 5) is 23.2. The van der Waals surface area contributed by atoms with Gasteiger partial charge in [0, 0.05) is 13.0 Å². The van der Waals surface area contributed by atoms with E-state index in [2.05, 4.69) is 5.32 Å². The molecule has 5 nitrogen and oxygen atoms in total. The molecule has 1 aromatic carbocycles. The van der Waals surface area contributed by atoms with Gasteiger partial charge in [0.1, 0.15) is 12.1 Å². The number of rotatable bonds is 5. The highest BCUT2D eigenvalue weighted by Gasteiger charge is 2.28. The molecule has 0 spiro atoms. The van der Waals surface area contributed by atoms with Crippen LogP contribution in [0.25, 0.3) is 0 Å². The summed E-state index contributed by atoms with van der Waals surface area (Å²) in [5.74, 6) is -1.36. The number of carbonyl (C=O) groups is 2. The van der Waals surface area contributed by atoms with E-state index < -0.39 is 18.1 Å². The fourth-order valence-electron chi connectivity index (χ4n) is 2.32. The molecule has 1 amide bonds. The van der Waals surface area contributed by atoms with Gasteiger partial charge >= 0.3 is 5.97 Å². The average Bonchev–Trinajstić information content (AvgIpc) is 2.91. The Morgan fingerprint density at radius 2 is 2.30 bits per heavy atom. The predicted octanol–water partition coefficient (Wildman–Crippen LogP) is 1.29. The van der Waals surface area contributed by atoms with Crippen molar-refractivity contribution in [1.29, 1.82) is 0 Å². The Kier molecular flexibility index (Phi) is 4.74. The number of carbonyl (C=O) groups excluding carboxylic acids is 1. The second-order valence-corrected chi connectivity index (χ2v) is 5.09. The maximum absolute atomic E-state index is 11.9. The molecule has 0 radical (unpaired) electrons. The van der Waals surface area contributed by atoms with Crippen molar-refractivity contribution in [2.45, 2.75) is 38.3 Å². The maximum atomic E-state index is 11.9. The van der Waals surface area contributed by atoms with Crippen molar-refractivity contribution in [3.8, 4) is 0 Å². The van der Waals surface area contributed by atoms with Gasteiger partial charge in [-0.3, -0.25) is 4.79 Å². The van der Waals surface area contributed by atoms with Crippen LogP contribution in [0.2, 0.25) is 0 Å². The van der Waals surface area contributed by atoms with E-state index in [4.69, 9.17) is 4.74 Å². The van der Waals surface area contributed by atoms with Crippen molar-refractivity contribution in [2.24, 2.45) is 0 Å². The van der Waals surface area contributed by atoms with Crippen LogP contribution < -0.4 is 5.32 Å². The van der Waals surface area contributed by atoms with Gasteiger partial charge in [0.25, 0.3) is 0 Å². The van der Waals surface area contributed by atoms with E-state index in [1.807, 2.05) is 31.2 Å². The Bertz CT molecular complexity index is 494. The lowest BCUT2D eigenvalue weighted by Gasteiger charge is -2.17. The number of hydrogen-bond acceptors (Lipinski definition) is 3. The fraction of sp³-hybridized carbons (Fsp3) is 0.467. The molecule has 1 aromatic rings. The first-order valence-electron chi connectivity index (χ1n) is 6.76. The van der Waals surface area contributed by atoms with Crippen LogP contribution in [0.3, 0.4) is 0 Å². The first-order chi connectivity index (χ1) is 9.56. The molecule has 2 N–H and O–H groups in total. The molecular formula is C15H19NO4. The summed E-state index contributed by atoms with van der Waals surface area (Å²) in [6.07, 6.45) is 1.26. The van der Waals surface area contributed by atoms with Gasteiger partial charge in [0.05, 0.1) is 0 Å². The predicted molar refractivity (Wildman–Crippen MR) is 73.4 cm³/mol. The third-order valence-electron chi connectivity index (χ3n) is 3.36. The summed E-state index contributed by atoms with van der Waals surface area (Å²) >= 11 is 0. The number of aliphatic carboxylic acids is 1. The summed E-state index contributed by atoms with van der Waals surface area (Å²) in [6.45, 7) is 2.51. The summed E-state index contributed by atoms with van der Waals surface area (Å²) < 4.78 is 5.26. The smallest absolute Gasteiger partial charge is 0.326 e. The van der Waals surface area contributed by atoms with Gasteiger partial charge in [0.2, 0.25) is 5.91 Å². The molecule has 0 saturated carbocycles. The van der Waals surface area contributed by atoms with Crippen LogP contribution in [0, 0.1) is 6.92 Å². The molecule has 1 aliphatic rings. The molecule has 20 heavy (non-hydrogen) atoms. The number of nitrogens with one attached hydrogen (secondary N) is 1. The first kappa shape index (κ1) is 14.5. The Labute approximate surface area is 117 Å². The molecule has 1 fully saturated rings. The summed E-state index contributed by atoms with van der Waals surface area (Å²) in [5, 5.41) is 11.8. The minimum absolute atomic E-state index is 0.273. The number of aryl methyl sites for hydroxylation is 1. The van der Waals surface area contributed by atoms with Gasteiger partial charge in [-0.15, -0.1) is 0 Å². The van der Waals surface area contributed by atoms with Crippen molar-refractivity contribution in [3.63, 3.8) is 0 Å². The minimum atomic E-state index is -1.03. The number of carboxylic acid groups (broad SMARTS) is 1. The third kappa shape index (κ3) is 3.81. The Morgan fingerprint density at radius 1 is 1.50 bits per heavy atom. The first-order valence-corrected chi connectivity index (χ1v) is 6.76. The largest absolute Gasteiger partial charge is 0.480 e. The molecule has 1 heterocycles. The van der Waals surface area contributed by atoms with Gasteiger partial charge < -0.3 is 15.2 Å². The third-order valence-corrected chi connectivity index (χ3v) is 3.36. The highest BCUT2D eigenvalue weighted by atomic mass is 16.5. The number of ether oxygens (including phenoxy) is 1. The van der Waals surface area contributed by atoms with Crippen LogP contribution in [0.15, 0.2) is 24.3 Å². The quantitative estimate of drug-likeness (QED) is 0.850. The van der Waals surface area contributed by atoms with Gasteiger partial charge in [0.15, 0.2) is 0 Å². The Balaban J connectivity index is 2.00. The Morgan fingerprint density at radius 3 is 2.90 bits per heavy atom. The lowest BCUT2D eigenvalue weighted by atomic mass is 10.0. The normalized spacial score (nSPS) is 19.6. The maximum Gasteiger partial charge on any atom is 0.326 e. The number of hydrogen-bond donors (Lipinski definition) is 2. The second kappa shape index (κ2) is 6.52. The zero-order valence-corrected chi connectivity index (χ0v) is 11.5. The number of benzene rings is 1. The van der Waals surface area contributed by atoms with Gasteiger partial charge in [-0.2, -0.15) is 0 Å². The van der Waals surface area contributed by atoms with Crippen LogP contribution in [0.4, 0.5) is 0 Å². The average molecular weight is 277 g/mol. The molecule has 1 saturated heterocycles. The highest BCUT2D eigenvalue weighted by Crippen LogP contribution is 2.13. The van der Waals surface area contributed by atoms with Crippen LogP contribution in [0.1, 0.15) is 24.0 Å². The SMILES string of the molecule is Cc1cccc(C[C@@H](NC(=O)[C@@H]2CCCO2)C(=O)O)c1. The van der Waals surface area contributed by atoms with Crippen LogP contribution >= 0.6 is 0 Å². The van der Waals surface area contributed by atoms with E-state index in [1.165, 1.54) is 0 Å². The summed E-state index contributed by atoms with van der Waals surface area (Å²) in [7, 11) is 0. The molecule has 0 aliphatic carbocycles. The summed E-state index contributed by atoms with van der Waals surface area (Å²) in [5.41, 5.74) is 1.96. The van der Waals surface area contributed by atoms with Crippen molar-refractivity contribution >= 4 is 11.9 Å². The fourth-order valence-corrected chi connectivity index (χ4v) is 2.32. The van der Waals surface area contributed by atoms with Crippen LogP contribution in [-0.2, 0) is 20.7 Å². The second-order valence-electron chi connectivity index (χ2n) is 5.09. The summed E-state index contributed by atoms with van der Waals surface area (Å²) in [6, 6.07) is 6.69.